The summed E-state index contributed by atoms with van der Waals surface area (Å²) in [6.07, 6.45) is 1.04. The first-order chi connectivity index (χ1) is 8.61. The van der Waals surface area contributed by atoms with Gasteiger partial charge in [0.05, 0.1) is 7.11 Å². The number of methoxy groups -OCH3 is 1. The SMILES string of the molecule is COc1ccc(-c2ncc(C(=O)O)c(=O)[nH]2)cc1.[H-].[Na+]. The molecule has 0 unspecified atom stereocenters. The van der Waals surface area contributed by atoms with Crippen molar-refractivity contribution in [2.45, 2.75) is 0 Å². The van der Waals surface area contributed by atoms with Crippen molar-refractivity contribution in [3.8, 4) is 17.1 Å². The van der Waals surface area contributed by atoms with E-state index >= 15 is 0 Å². The van der Waals surface area contributed by atoms with Crippen molar-refractivity contribution in [2.24, 2.45) is 0 Å². The van der Waals surface area contributed by atoms with Gasteiger partial charge < -0.3 is 16.3 Å². The molecule has 0 fully saturated rings. The summed E-state index contributed by atoms with van der Waals surface area (Å²) in [5.41, 5.74) is -0.389. The van der Waals surface area contributed by atoms with Crippen molar-refractivity contribution in [1.29, 1.82) is 0 Å². The molecule has 0 bridgehead atoms. The molecule has 7 heteroatoms. The molecule has 94 valence electrons. The van der Waals surface area contributed by atoms with E-state index in [0.29, 0.717) is 17.1 Å². The number of nitrogens with one attached hydrogen (secondary N) is 1. The van der Waals surface area contributed by atoms with Crippen LogP contribution in [0.25, 0.3) is 11.4 Å². The second-order valence-electron chi connectivity index (χ2n) is 3.51. The van der Waals surface area contributed by atoms with Gasteiger partial charge in [0.1, 0.15) is 17.1 Å². The zero-order valence-corrected chi connectivity index (χ0v) is 12.5. The number of carboxylic acids is 1. The standard InChI is InChI=1S/C12H10N2O4.Na.H/c1-18-8-4-2-7(3-5-8)10-13-6-9(12(16)17)11(15)14-10;;/h2-6H,1H3,(H,16,17)(H,13,14,15);;/q;+1;-1. The van der Waals surface area contributed by atoms with Crippen LogP contribution in [0.4, 0.5) is 0 Å². The predicted molar refractivity (Wildman–Crippen MR) is 64.9 cm³/mol. The summed E-state index contributed by atoms with van der Waals surface area (Å²) in [6, 6.07) is 6.88. The van der Waals surface area contributed by atoms with Gasteiger partial charge in [-0.3, -0.25) is 4.79 Å². The number of nitrogens with zero attached hydrogens (tertiary/aromatic N) is 1. The Morgan fingerprint density at radius 2 is 2.00 bits per heavy atom. The zero-order valence-electron chi connectivity index (χ0n) is 11.5. The second-order valence-corrected chi connectivity index (χ2v) is 3.51. The van der Waals surface area contributed by atoms with Crippen molar-refractivity contribution in [3.63, 3.8) is 0 Å². The molecular weight excluding hydrogens is 259 g/mol. The first-order valence-electron chi connectivity index (χ1n) is 5.09. The van der Waals surface area contributed by atoms with Crippen molar-refractivity contribution in [1.82, 2.24) is 9.97 Å². The van der Waals surface area contributed by atoms with Crippen LogP contribution in [-0.4, -0.2) is 28.2 Å². The molecule has 0 aliphatic heterocycles. The third kappa shape index (κ3) is 3.44. The van der Waals surface area contributed by atoms with Crippen LogP contribution < -0.4 is 39.9 Å². The molecule has 6 nitrogen and oxygen atoms in total. The van der Waals surface area contributed by atoms with Gasteiger partial charge >= 0.3 is 35.5 Å². The number of aromatic carboxylic acids is 1. The molecule has 0 saturated heterocycles. The molecule has 0 atom stereocenters. The molecule has 0 amide bonds. The van der Waals surface area contributed by atoms with E-state index in [1.807, 2.05) is 0 Å². The van der Waals surface area contributed by atoms with Crippen LogP contribution >= 0.6 is 0 Å². The van der Waals surface area contributed by atoms with E-state index in [4.69, 9.17) is 9.84 Å². The molecule has 0 aliphatic rings. The third-order valence-corrected chi connectivity index (χ3v) is 2.39. The number of benzene rings is 1. The summed E-state index contributed by atoms with van der Waals surface area (Å²) in [7, 11) is 1.55. The van der Waals surface area contributed by atoms with Crippen LogP contribution in [0.5, 0.6) is 5.75 Å². The fraction of sp³-hybridized carbons (Fsp3) is 0.0833. The van der Waals surface area contributed by atoms with E-state index < -0.39 is 11.5 Å². The quantitative estimate of drug-likeness (QED) is 0.646. The zero-order chi connectivity index (χ0) is 13.1. The average Bonchev–Trinajstić information content (AvgIpc) is 2.38. The molecule has 0 saturated carbocycles. The maximum atomic E-state index is 11.5. The molecule has 2 aromatic rings. The number of carbonyl (C=O) groups is 1. The number of aromatic nitrogens is 2. The first kappa shape index (κ1) is 15.4. The maximum absolute atomic E-state index is 11.5. The Morgan fingerprint density at radius 3 is 2.47 bits per heavy atom. The molecule has 2 N–H and O–H groups in total. The molecule has 0 spiro atoms. The third-order valence-electron chi connectivity index (χ3n) is 2.39. The topological polar surface area (TPSA) is 92.3 Å². The monoisotopic (exact) mass is 270 g/mol. The number of carboxylic acid groups (broad SMARTS) is 1. The van der Waals surface area contributed by atoms with E-state index in [-0.39, 0.29) is 36.5 Å². The molecule has 19 heavy (non-hydrogen) atoms. The summed E-state index contributed by atoms with van der Waals surface area (Å²) >= 11 is 0. The van der Waals surface area contributed by atoms with Crippen LogP contribution in [0.1, 0.15) is 11.8 Å². The Hall–Kier alpha value is -1.63. The van der Waals surface area contributed by atoms with Crippen LogP contribution in [0.15, 0.2) is 35.3 Å². The van der Waals surface area contributed by atoms with Crippen LogP contribution in [-0.2, 0) is 0 Å². The molecule has 1 heterocycles. The average molecular weight is 270 g/mol. The van der Waals surface area contributed by atoms with Gasteiger partial charge in [0.15, 0.2) is 0 Å². The Balaban J connectivity index is 0.00000180. The summed E-state index contributed by atoms with van der Waals surface area (Å²) < 4.78 is 5.01. The van der Waals surface area contributed by atoms with Gasteiger partial charge in [0.25, 0.3) is 5.56 Å². The van der Waals surface area contributed by atoms with Crippen molar-refractivity contribution >= 4 is 5.97 Å². The van der Waals surface area contributed by atoms with Crippen LogP contribution in [0, 0.1) is 0 Å². The molecule has 0 radical (unpaired) electrons. The minimum absolute atomic E-state index is 0. The minimum Gasteiger partial charge on any atom is -1.00 e. The minimum atomic E-state index is -1.30. The van der Waals surface area contributed by atoms with Crippen LogP contribution in [0.3, 0.4) is 0 Å². The number of hydrogen-bond donors (Lipinski definition) is 2. The van der Waals surface area contributed by atoms with Crippen molar-refractivity contribution < 1.29 is 45.6 Å². The number of rotatable bonds is 3. The summed E-state index contributed by atoms with van der Waals surface area (Å²) in [6.45, 7) is 0. The van der Waals surface area contributed by atoms with E-state index in [2.05, 4.69) is 9.97 Å². The largest absolute Gasteiger partial charge is 1.00 e. The Morgan fingerprint density at radius 1 is 1.37 bits per heavy atom. The molecule has 1 aromatic carbocycles. The van der Waals surface area contributed by atoms with Gasteiger partial charge in [-0.15, -0.1) is 0 Å². The summed E-state index contributed by atoms with van der Waals surface area (Å²) in [4.78, 5) is 28.5. The molecule has 2 rings (SSSR count). The second kappa shape index (κ2) is 6.51. The molecular formula is C12H11N2NaO4. The Labute approximate surface area is 132 Å². The smallest absolute Gasteiger partial charge is 1.00 e. The van der Waals surface area contributed by atoms with Crippen LogP contribution in [0.2, 0.25) is 0 Å². The van der Waals surface area contributed by atoms with Gasteiger partial charge in [-0.2, -0.15) is 0 Å². The predicted octanol–water partition coefficient (Wildman–Crippen LogP) is -1.74. The first-order valence-corrected chi connectivity index (χ1v) is 5.09. The normalized spacial score (nSPS) is 9.53. The molecule has 1 aromatic heterocycles. The molecule has 0 aliphatic carbocycles. The number of aromatic amines is 1. The van der Waals surface area contributed by atoms with Gasteiger partial charge in [0.2, 0.25) is 0 Å². The van der Waals surface area contributed by atoms with E-state index in [9.17, 15) is 9.59 Å². The fourth-order valence-corrected chi connectivity index (χ4v) is 1.44. The summed E-state index contributed by atoms with van der Waals surface area (Å²) in [5.74, 6) is -0.305. The van der Waals surface area contributed by atoms with Gasteiger partial charge in [-0.25, -0.2) is 9.78 Å². The fourth-order valence-electron chi connectivity index (χ4n) is 1.44. The van der Waals surface area contributed by atoms with Crippen molar-refractivity contribution in [3.05, 3.63) is 46.4 Å². The number of H-pyrrole nitrogens is 1. The van der Waals surface area contributed by atoms with E-state index in [0.717, 1.165) is 6.20 Å². The van der Waals surface area contributed by atoms with Gasteiger partial charge in [0, 0.05) is 11.8 Å². The summed E-state index contributed by atoms with van der Waals surface area (Å²) in [5, 5.41) is 8.72. The van der Waals surface area contributed by atoms with E-state index in [1.54, 1.807) is 31.4 Å². The van der Waals surface area contributed by atoms with Crippen molar-refractivity contribution in [2.75, 3.05) is 7.11 Å². The van der Waals surface area contributed by atoms with E-state index in [1.165, 1.54) is 0 Å². The van der Waals surface area contributed by atoms with Gasteiger partial charge in [-0.05, 0) is 24.3 Å². The Bertz CT molecular complexity index is 643. The number of hydrogen-bond acceptors (Lipinski definition) is 4. The van der Waals surface area contributed by atoms with Gasteiger partial charge in [-0.1, -0.05) is 0 Å². The maximum Gasteiger partial charge on any atom is 1.00 e. The number of ether oxygens (including phenoxy) is 1. The Kier molecular flexibility index (Phi) is 5.29.